The summed E-state index contributed by atoms with van der Waals surface area (Å²) in [6.45, 7) is 0. The molecule has 0 amide bonds. The molecule has 0 aliphatic heterocycles. The summed E-state index contributed by atoms with van der Waals surface area (Å²) < 4.78 is 0.765. The second-order valence-electron chi connectivity index (χ2n) is 1.75. The molecule has 2 N–H and O–H groups in total. The minimum absolute atomic E-state index is 0. The first-order valence-corrected chi connectivity index (χ1v) is 2.51. The van der Waals surface area contributed by atoms with Gasteiger partial charge in [-0.1, -0.05) is 0 Å². The third-order valence-corrected chi connectivity index (χ3v) is 1.05. The molecule has 0 fully saturated rings. The van der Waals surface area contributed by atoms with Crippen LogP contribution in [0.4, 0.5) is 0 Å². The van der Waals surface area contributed by atoms with Crippen LogP contribution in [-0.2, 0) is 7.05 Å². The minimum atomic E-state index is -0.784. The van der Waals surface area contributed by atoms with Crippen molar-refractivity contribution in [1.82, 2.24) is 14.5 Å². The van der Waals surface area contributed by atoms with Gasteiger partial charge in [-0.2, -0.15) is 0 Å². The second kappa shape index (κ2) is 5.95. The number of nitrogens with one attached hydrogen (secondary N) is 2. The fourth-order valence-electron chi connectivity index (χ4n) is 0.485. The zero-order valence-corrected chi connectivity index (χ0v) is 5.17. The fraction of sp³-hybridized carbons (Fsp3) is 0.250. The number of rotatable bonds is 0. The van der Waals surface area contributed by atoms with Gasteiger partial charge in [-0.3, -0.25) is 9.97 Å². The molecule has 0 bridgehead atoms. The van der Waals surface area contributed by atoms with E-state index in [1.807, 2.05) is 9.97 Å². The van der Waals surface area contributed by atoms with Crippen molar-refractivity contribution in [3.63, 3.8) is 0 Å². The number of nitrogens with zero attached hydrogens (tertiary/aromatic N) is 1. The number of H-pyrrole nitrogens is 2. The molecule has 0 saturated carbocycles. The van der Waals surface area contributed by atoms with Crippen LogP contribution >= 0.6 is 0 Å². The van der Waals surface area contributed by atoms with E-state index < -0.39 is 17.1 Å². The standard InChI is InChI=1S/C4H5N3O3.2Na.2H/c1-7-3(9)5-2(8)6-4(7)10;;;;/h1H3,(H2,5,6,8,9,10);;;;. The third kappa shape index (κ3) is 3.42. The van der Waals surface area contributed by atoms with Gasteiger partial charge in [-0.25, -0.2) is 19.0 Å². The van der Waals surface area contributed by atoms with Crippen LogP contribution in [0.1, 0.15) is 0 Å². The van der Waals surface area contributed by atoms with Gasteiger partial charge in [0, 0.05) is 7.05 Å². The van der Waals surface area contributed by atoms with Crippen molar-refractivity contribution in [3.05, 3.63) is 31.5 Å². The molecule has 0 saturated heterocycles. The molecule has 0 spiro atoms. The molecular weight excluding hydrogens is 184 g/mol. The number of aromatic amines is 2. The van der Waals surface area contributed by atoms with Crippen LogP contribution in [0, 0.1) is 0 Å². The quantitative estimate of drug-likeness (QED) is 0.416. The van der Waals surface area contributed by atoms with E-state index in [9.17, 15) is 14.4 Å². The van der Waals surface area contributed by atoms with Crippen LogP contribution in [0.3, 0.4) is 0 Å². The molecule has 1 heterocycles. The topological polar surface area (TPSA) is 87.7 Å². The zero-order valence-electron chi connectivity index (χ0n) is 5.17. The molecular formula is C4H7N3Na2O3. The summed E-state index contributed by atoms with van der Waals surface area (Å²) in [7, 11) is 1.26. The van der Waals surface area contributed by atoms with Crippen LogP contribution in [0.5, 0.6) is 0 Å². The van der Waals surface area contributed by atoms with Gasteiger partial charge in [0.25, 0.3) is 0 Å². The van der Waals surface area contributed by atoms with Crippen LogP contribution in [0.2, 0.25) is 0 Å². The first-order valence-electron chi connectivity index (χ1n) is 2.51. The van der Waals surface area contributed by atoms with Gasteiger partial charge in [0.2, 0.25) is 0 Å². The Hall–Kier alpha value is 0.410. The van der Waals surface area contributed by atoms with Crippen molar-refractivity contribution < 1.29 is 0 Å². The van der Waals surface area contributed by atoms with Crippen molar-refractivity contribution in [1.29, 1.82) is 0 Å². The molecule has 0 aliphatic rings. The first kappa shape index (κ1) is 14.9. The Morgan fingerprint density at radius 3 is 1.67 bits per heavy atom. The van der Waals surface area contributed by atoms with E-state index in [4.69, 9.17) is 0 Å². The Kier molecular flexibility index (Phi) is 7.40. The van der Waals surface area contributed by atoms with Crippen molar-refractivity contribution >= 4 is 59.1 Å². The Morgan fingerprint density at radius 2 is 1.33 bits per heavy atom. The molecule has 1 rings (SSSR count). The summed E-state index contributed by atoms with van der Waals surface area (Å²) in [6, 6.07) is 0. The van der Waals surface area contributed by atoms with E-state index in [1.54, 1.807) is 0 Å². The summed E-state index contributed by atoms with van der Waals surface area (Å²) in [4.78, 5) is 35.2. The maximum atomic E-state index is 10.5. The van der Waals surface area contributed by atoms with Gasteiger partial charge in [-0.05, 0) is 0 Å². The summed E-state index contributed by atoms with van der Waals surface area (Å²) >= 11 is 0. The predicted molar refractivity (Wildman–Crippen MR) is 47.2 cm³/mol. The van der Waals surface area contributed by atoms with Gasteiger partial charge >= 0.3 is 76.2 Å². The van der Waals surface area contributed by atoms with Crippen LogP contribution in [0.25, 0.3) is 0 Å². The monoisotopic (exact) mass is 191 g/mol. The molecule has 58 valence electrons. The summed E-state index contributed by atoms with van der Waals surface area (Å²) in [6.07, 6.45) is 0. The van der Waals surface area contributed by atoms with E-state index in [-0.39, 0.29) is 59.1 Å². The average Bonchev–Trinajstić information content (AvgIpc) is 1.82. The molecule has 0 unspecified atom stereocenters. The van der Waals surface area contributed by atoms with Gasteiger partial charge < -0.3 is 0 Å². The van der Waals surface area contributed by atoms with Crippen LogP contribution < -0.4 is 17.1 Å². The zero-order chi connectivity index (χ0) is 7.72. The molecule has 0 radical (unpaired) electrons. The first-order chi connectivity index (χ1) is 4.61. The molecule has 6 nitrogen and oxygen atoms in total. The third-order valence-electron chi connectivity index (χ3n) is 1.05. The summed E-state index contributed by atoms with van der Waals surface area (Å²) in [5.74, 6) is 0. The van der Waals surface area contributed by atoms with Crippen molar-refractivity contribution in [2.45, 2.75) is 0 Å². The van der Waals surface area contributed by atoms with E-state index >= 15 is 0 Å². The molecule has 8 heteroatoms. The summed E-state index contributed by atoms with van der Waals surface area (Å²) in [5.41, 5.74) is -2.21. The molecule has 0 aromatic carbocycles. The van der Waals surface area contributed by atoms with Gasteiger partial charge in [0.1, 0.15) is 0 Å². The van der Waals surface area contributed by atoms with E-state index in [2.05, 4.69) is 0 Å². The van der Waals surface area contributed by atoms with Crippen molar-refractivity contribution in [2.24, 2.45) is 7.05 Å². The Labute approximate surface area is 111 Å². The van der Waals surface area contributed by atoms with Crippen molar-refractivity contribution in [3.8, 4) is 0 Å². The van der Waals surface area contributed by atoms with E-state index in [0.29, 0.717) is 0 Å². The predicted octanol–water partition coefficient (Wildman–Crippen LogP) is -3.54. The normalized spacial score (nSPS) is 8.08. The molecule has 0 atom stereocenters. The Bertz CT molecular complexity index is 369. The Morgan fingerprint density at radius 1 is 1.00 bits per heavy atom. The van der Waals surface area contributed by atoms with Crippen LogP contribution in [0.15, 0.2) is 14.4 Å². The maximum absolute atomic E-state index is 10.5. The number of hydrogen-bond acceptors (Lipinski definition) is 3. The van der Waals surface area contributed by atoms with Gasteiger partial charge in [0.05, 0.1) is 0 Å². The summed E-state index contributed by atoms with van der Waals surface area (Å²) in [5, 5.41) is 0. The van der Waals surface area contributed by atoms with E-state index in [0.717, 1.165) is 4.57 Å². The molecule has 0 aliphatic carbocycles. The molecule has 1 aromatic heterocycles. The number of aromatic nitrogens is 3. The van der Waals surface area contributed by atoms with Gasteiger partial charge in [0.15, 0.2) is 0 Å². The number of hydrogen-bond donors (Lipinski definition) is 2. The fourth-order valence-corrected chi connectivity index (χ4v) is 0.485. The van der Waals surface area contributed by atoms with Crippen molar-refractivity contribution in [2.75, 3.05) is 0 Å². The second-order valence-corrected chi connectivity index (χ2v) is 1.75. The van der Waals surface area contributed by atoms with Crippen LogP contribution in [-0.4, -0.2) is 73.6 Å². The molecule has 12 heavy (non-hydrogen) atoms. The Balaban J connectivity index is 0. The van der Waals surface area contributed by atoms with Gasteiger partial charge in [-0.15, -0.1) is 0 Å². The SMILES string of the molecule is Cn1c(=O)[nH]c(=O)[nH]c1=O.[NaH].[NaH]. The van der Waals surface area contributed by atoms with E-state index in [1.165, 1.54) is 7.05 Å². The average molecular weight is 191 g/mol. The molecule has 1 aromatic rings.